The highest BCUT2D eigenvalue weighted by molar-refractivity contribution is 5.76. The molecule has 0 aromatic rings. The van der Waals surface area contributed by atoms with Gasteiger partial charge in [0.15, 0.2) is 0 Å². The highest BCUT2D eigenvalue weighted by Crippen LogP contribution is 2.17. The summed E-state index contributed by atoms with van der Waals surface area (Å²) in [6.45, 7) is 6.15. The molecule has 2 N–H and O–H groups in total. The highest BCUT2D eigenvalue weighted by atomic mass is 16.4. The summed E-state index contributed by atoms with van der Waals surface area (Å²) < 4.78 is 0. The molecule has 2 heterocycles. The van der Waals surface area contributed by atoms with E-state index in [1.807, 2.05) is 0 Å². The number of likely N-dealkylation sites (N-methyl/N-ethyl adjacent to an activating group) is 1. The fourth-order valence-corrected chi connectivity index (χ4v) is 3.09. The van der Waals surface area contributed by atoms with Crippen LogP contribution in [0.1, 0.15) is 32.6 Å². The average Bonchev–Trinajstić information content (AvgIpc) is 2.47. The summed E-state index contributed by atoms with van der Waals surface area (Å²) in [7, 11) is 0. The van der Waals surface area contributed by atoms with E-state index in [-0.39, 0.29) is 12.1 Å². The van der Waals surface area contributed by atoms with Crippen LogP contribution in [0.15, 0.2) is 0 Å². The first kappa shape index (κ1) is 15.1. The first-order valence-corrected chi connectivity index (χ1v) is 7.60. The van der Waals surface area contributed by atoms with Crippen molar-refractivity contribution in [1.29, 1.82) is 0 Å². The van der Waals surface area contributed by atoms with Crippen LogP contribution < -0.4 is 5.32 Å². The van der Waals surface area contributed by atoms with Crippen LogP contribution >= 0.6 is 0 Å². The number of nitrogens with one attached hydrogen (secondary N) is 1. The largest absolute Gasteiger partial charge is 0.481 e. The Kier molecular flexibility index (Phi) is 5.23. The minimum absolute atomic E-state index is 0.0982. The summed E-state index contributed by atoms with van der Waals surface area (Å²) in [6.07, 6.45) is 3.57. The minimum atomic E-state index is -0.794. The summed E-state index contributed by atoms with van der Waals surface area (Å²) in [6, 6.07) is 0.0975. The fraction of sp³-hybridized carbons (Fsp3) is 0.857. The number of aliphatic carboxylic acids is 1. The summed E-state index contributed by atoms with van der Waals surface area (Å²) in [5.74, 6) is -1.20. The van der Waals surface area contributed by atoms with Crippen LogP contribution in [0.5, 0.6) is 0 Å². The van der Waals surface area contributed by atoms with Gasteiger partial charge < -0.3 is 20.2 Å². The van der Waals surface area contributed by atoms with Crippen molar-refractivity contribution in [2.24, 2.45) is 5.92 Å². The zero-order valence-corrected chi connectivity index (χ0v) is 12.2. The normalized spacial score (nSPS) is 28.1. The van der Waals surface area contributed by atoms with Crippen LogP contribution in [-0.2, 0) is 4.79 Å². The van der Waals surface area contributed by atoms with E-state index in [4.69, 9.17) is 5.11 Å². The van der Waals surface area contributed by atoms with Crippen molar-refractivity contribution in [3.63, 3.8) is 0 Å². The second-order valence-corrected chi connectivity index (χ2v) is 5.81. The summed E-state index contributed by atoms with van der Waals surface area (Å²) in [5, 5.41) is 12.1. The number of carboxylic acid groups (broad SMARTS) is 1. The van der Waals surface area contributed by atoms with Crippen LogP contribution in [-0.4, -0.2) is 65.7 Å². The molecule has 2 rings (SSSR count). The number of carbonyl (C=O) groups excluding carboxylic acids is 1. The van der Waals surface area contributed by atoms with Crippen LogP contribution in [0.2, 0.25) is 0 Å². The topological polar surface area (TPSA) is 72.9 Å². The minimum Gasteiger partial charge on any atom is -0.481 e. The number of piperidine rings is 2. The Labute approximate surface area is 120 Å². The molecule has 2 aliphatic heterocycles. The molecule has 6 nitrogen and oxygen atoms in total. The molecule has 0 radical (unpaired) electrons. The molecule has 2 fully saturated rings. The lowest BCUT2D eigenvalue weighted by molar-refractivity contribution is -0.143. The molecule has 2 amide bonds. The Morgan fingerprint density at radius 2 is 1.95 bits per heavy atom. The Balaban J connectivity index is 1.83. The van der Waals surface area contributed by atoms with E-state index in [1.54, 1.807) is 4.90 Å². The van der Waals surface area contributed by atoms with Gasteiger partial charge in [-0.1, -0.05) is 6.92 Å². The van der Waals surface area contributed by atoms with Crippen LogP contribution in [0, 0.1) is 5.92 Å². The number of rotatable bonds is 3. The first-order valence-electron chi connectivity index (χ1n) is 7.60. The van der Waals surface area contributed by atoms with Crippen molar-refractivity contribution in [3.8, 4) is 0 Å². The van der Waals surface area contributed by atoms with Crippen molar-refractivity contribution in [2.75, 3.05) is 32.7 Å². The third kappa shape index (κ3) is 3.85. The van der Waals surface area contributed by atoms with Gasteiger partial charge in [0.1, 0.15) is 0 Å². The number of carboxylic acids is 1. The molecule has 114 valence electrons. The molecule has 0 bridgehead atoms. The smallest absolute Gasteiger partial charge is 0.317 e. The fourth-order valence-electron chi connectivity index (χ4n) is 3.09. The van der Waals surface area contributed by atoms with Crippen LogP contribution in [0.3, 0.4) is 0 Å². The predicted molar refractivity (Wildman–Crippen MR) is 75.6 cm³/mol. The zero-order chi connectivity index (χ0) is 14.5. The van der Waals surface area contributed by atoms with E-state index in [1.165, 1.54) is 0 Å². The monoisotopic (exact) mass is 283 g/mol. The lowest BCUT2D eigenvalue weighted by atomic mass is 9.98. The SMILES string of the molecule is CCN1CCCC(NC(=O)N2CCC[C@@H](C(=O)O)C2)C1. The van der Waals surface area contributed by atoms with Crippen LogP contribution in [0.4, 0.5) is 4.79 Å². The number of amides is 2. The molecule has 2 saturated heterocycles. The van der Waals surface area contributed by atoms with Gasteiger partial charge in [0.25, 0.3) is 0 Å². The van der Waals surface area contributed by atoms with E-state index >= 15 is 0 Å². The molecule has 0 aromatic heterocycles. The van der Waals surface area contributed by atoms with E-state index < -0.39 is 11.9 Å². The molecule has 1 unspecified atom stereocenters. The molecule has 0 aliphatic carbocycles. The number of carbonyl (C=O) groups is 2. The lowest BCUT2D eigenvalue weighted by Crippen LogP contribution is -2.53. The Morgan fingerprint density at radius 3 is 2.65 bits per heavy atom. The molecular formula is C14H25N3O3. The number of nitrogens with zero attached hydrogens (tertiary/aromatic N) is 2. The van der Waals surface area contributed by atoms with E-state index in [0.717, 1.165) is 38.9 Å². The van der Waals surface area contributed by atoms with E-state index in [2.05, 4.69) is 17.1 Å². The van der Waals surface area contributed by atoms with Crippen molar-refractivity contribution in [1.82, 2.24) is 15.1 Å². The van der Waals surface area contributed by atoms with Gasteiger partial charge in [-0.25, -0.2) is 4.79 Å². The van der Waals surface area contributed by atoms with Crippen molar-refractivity contribution < 1.29 is 14.7 Å². The maximum Gasteiger partial charge on any atom is 0.317 e. The third-order valence-electron chi connectivity index (χ3n) is 4.34. The molecule has 0 spiro atoms. The van der Waals surface area contributed by atoms with Gasteiger partial charge in [-0.3, -0.25) is 4.79 Å². The van der Waals surface area contributed by atoms with Crippen LogP contribution in [0.25, 0.3) is 0 Å². The average molecular weight is 283 g/mol. The Morgan fingerprint density at radius 1 is 1.20 bits per heavy atom. The van der Waals surface area contributed by atoms with Gasteiger partial charge in [-0.2, -0.15) is 0 Å². The number of hydrogen-bond donors (Lipinski definition) is 2. The zero-order valence-electron chi connectivity index (χ0n) is 12.2. The number of hydrogen-bond acceptors (Lipinski definition) is 3. The maximum atomic E-state index is 12.2. The lowest BCUT2D eigenvalue weighted by Gasteiger charge is -2.35. The van der Waals surface area contributed by atoms with Gasteiger partial charge in [-0.05, 0) is 38.8 Å². The maximum absolute atomic E-state index is 12.2. The van der Waals surface area contributed by atoms with Crippen molar-refractivity contribution >= 4 is 12.0 Å². The van der Waals surface area contributed by atoms with Crippen molar-refractivity contribution in [3.05, 3.63) is 0 Å². The first-order chi connectivity index (χ1) is 9.60. The molecule has 2 atom stereocenters. The molecule has 2 aliphatic rings. The van der Waals surface area contributed by atoms with Crippen molar-refractivity contribution in [2.45, 2.75) is 38.6 Å². The molecular weight excluding hydrogens is 258 g/mol. The summed E-state index contributed by atoms with van der Waals surface area (Å²) in [4.78, 5) is 27.3. The van der Waals surface area contributed by atoms with E-state index in [0.29, 0.717) is 19.5 Å². The second kappa shape index (κ2) is 6.92. The third-order valence-corrected chi connectivity index (χ3v) is 4.34. The molecule has 20 heavy (non-hydrogen) atoms. The summed E-state index contributed by atoms with van der Waals surface area (Å²) in [5.41, 5.74) is 0. The predicted octanol–water partition coefficient (Wildman–Crippen LogP) is 0.977. The Bertz CT molecular complexity index is 362. The number of likely N-dealkylation sites (tertiary alicyclic amines) is 2. The standard InChI is InChI=1S/C14H25N3O3/c1-2-16-7-4-6-12(10-16)15-14(20)17-8-3-5-11(9-17)13(18)19/h11-12H,2-10H2,1H3,(H,15,20)(H,18,19)/t11-,12?/m1/s1. The molecule has 6 heteroatoms. The van der Waals surface area contributed by atoms with Gasteiger partial charge in [0.05, 0.1) is 5.92 Å². The van der Waals surface area contributed by atoms with E-state index in [9.17, 15) is 9.59 Å². The quantitative estimate of drug-likeness (QED) is 0.810. The number of urea groups is 1. The second-order valence-electron chi connectivity index (χ2n) is 5.81. The van der Waals surface area contributed by atoms with Gasteiger partial charge in [0, 0.05) is 25.7 Å². The molecule has 0 aromatic carbocycles. The van der Waals surface area contributed by atoms with Gasteiger partial charge in [-0.15, -0.1) is 0 Å². The highest BCUT2D eigenvalue weighted by Gasteiger charge is 2.29. The van der Waals surface area contributed by atoms with Gasteiger partial charge >= 0.3 is 12.0 Å². The van der Waals surface area contributed by atoms with Gasteiger partial charge in [0.2, 0.25) is 0 Å². The molecule has 0 saturated carbocycles. The Hall–Kier alpha value is -1.30. The summed E-state index contributed by atoms with van der Waals surface area (Å²) >= 11 is 0.